The molecule has 0 spiro atoms. The summed E-state index contributed by atoms with van der Waals surface area (Å²) in [6.45, 7) is 1.43. The van der Waals surface area contributed by atoms with Crippen LogP contribution >= 0.6 is 0 Å². The molecule has 2 fully saturated rings. The summed E-state index contributed by atoms with van der Waals surface area (Å²) in [4.78, 5) is 22.9. The molecule has 0 radical (unpaired) electrons. The molecule has 0 unspecified atom stereocenters. The zero-order chi connectivity index (χ0) is 14.9. The first-order valence-corrected chi connectivity index (χ1v) is 7.90. The molecule has 2 aliphatic rings. The lowest BCUT2D eigenvalue weighted by molar-refractivity contribution is -0.132. The Morgan fingerprint density at radius 3 is 3.05 bits per heavy atom. The van der Waals surface area contributed by atoms with Gasteiger partial charge in [-0.15, -0.1) is 0 Å². The predicted molar refractivity (Wildman–Crippen MR) is 76.8 cm³/mol. The van der Waals surface area contributed by atoms with Gasteiger partial charge in [0, 0.05) is 37.8 Å². The lowest BCUT2D eigenvalue weighted by Crippen LogP contribution is -2.31. The van der Waals surface area contributed by atoms with Crippen LogP contribution in [0.5, 0.6) is 0 Å². The highest BCUT2D eigenvalue weighted by Gasteiger charge is 2.35. The summed E-state index contributed by atoms with van der Waals surface area (Å²) < 4.78 is 7.26. The molecule has 7 heteroatoms. The normalized spacial score (nSPS) is 21.5. The van der Waals surface area contributed by atoms with Crippen LogP contribution in [0.2, 0.25) is 0 Å². The largest absolute Gasteiger partial charge is 0.339 e. The van der Waals surface area contributed by atoms with Crippen molar-refractivity contribution < 1.29 is 9.32 Å². The van der Waals surface area contributed by atoms with Gasteiger partial charge in [-0.1, -0.05) is 5.16 Å². The maximum absolute atomic E-state index is 12.5. The van der Waals surface area contributed by atoms with Crippen molar-refractivity contribution in [3.05, 3.63) is 30.4 Å². The van der Waals surface area contributed by atoms with E-state index in [0.29, 0.717) is 24.7 Å². The van der Waals surface area contributed by atoms with Crippen LogP contribution in [0.25, 0.3) is 0 Å². The highest BCUT2D eigenvalue weighted by molar-refractivity contribution is 5.76. The molecule has 116 valence electrons. The SMILES string of the molecule is O=C(CCn1ccnc1)N1CCC[C@H]1c1noc(C2CC2)n1. The van der Waals surface area contributed by atoms with Crippen molar-refractivity contribution in [2.24, 2.45) is 0 Å². The van der Waals surface area contributed by atoms with Gasteiger partial charge in [-0.05, 0) is 25.7 Å². The van der Waals surface area contributed by atoms with E-state index in [9.17, 15) is 4.79 Å². The molecular formula is C15H19N5O2. The molecular weight excluding hydrogens is 282 g/mol. The number of aryl methyl sites for hydroxylation is 1. The Morgan fingerprint density at radius 2 is 2.27 bits per heavy atom. The third kappa shape index (κ3) is 2.63. The van der Waals surface area contributed by atoms with Crippen molar-refractivity contribution in [1.82, 2.24) is 24.6 Å². The molecule has 22 heavy (non-hydrogen) atoms. The maximum atomic E-state index is 12.5. The van der Waals surface area contributed by atoms with E-state index >= 15 is 0 Å². The highest BCUT2D eigenvalue weighted by Crippen LogP contribution is 2.40. The number of hydrogen-bond donors (Lipinski definition) is 0. The van der Waals surface area contributed by atoms with Crippen molar-refractivity contribution in [3.8, 4) is 0 Å². The molecule has 1 amide bonds. The summed E-state index contributed by atoms with van der Waals surface area (Å²) in [7, 11) is 0. The second-order valence-electron chi connectivity index (χ2n) is 6.06. The Kier molecular flexibility index (Phi) is 3.40. The van der Waals surface area contributed by atoms with Gasteiger partial charge in [0.05, 0.1) is 12.4 Å². The molecule has 1 saturated heterocycles. The minimum atomic E-state index is -0.0217. The molecule has 1 saturated carbocycles. The van der Waals surface area contributed by atoms with Gasteiger partial charge in [0.1, 0.15) is 0 Å². The van der Waals surface area contributed by atoms with E-state index in [0.717, 1.165) is 38.1 Å². The van der Waals surface area contributed by atoms with Crippen LogP contribution in [-0.4, -0.2) is 37.0 Å². The monoisotopic (exact) mass is 301 g/mol. The fourth-order valence-corrected chi connectivity index (χ4v) is 3.00. The molecule has 0 bridgehead atoms. The molecule has 0 N–H and O–H groups in total. The molecule has 2 aromatic heterocycles. The van der Waals surface area contributed by atoms with Gasteiger partial charge in [-0.2, -0.15) is 4.98 Å². The molecule has 7 nitrogen and oxygen atoms in total. The minimum Gasteiger partial charge on any atom is -0.339 e. The fraction of sp³-hybridized carbons (Fsp3) is 0.600. The number of imidazole rings is 1. The zero-order valence-electron chi connectivity index (χ0n) is 12.4. The molecule has 1 aliphatic carbocycles. The molecule has 4 rings (SSSR count). The van der Waals surface area contributed by atoms with E-state index in [1.807, 2.05) is 15.7 Å². The Labute approximate surface area is 128 Å². The van der Waals surface area contributed by atoms with Gasteiger partial charge < -0.3 is 14.0 Å². The van der Waals surface area contributed by atoms with Crippen molar-refractivity contribution >= 4 is 5.91 Å². The summed E-state index contributed by atoms with van der Waals surface area (Å²) in [5.41, 5.74) is 0. The van der Waals surface area contributed by atoms with Crippen molar-refractivity contribution in [2.75, 3.05) is 6.54 Å². The van der Waals surface area contributed by atoms with Crippen molar-refractivity contribution in [2.45, 2.75) is 50.6 Å². The van der Waals surface area contributed by atoms with Crippen LogP contribution < -0.4 is 0 Å². The highest BCUT2D eigenvalue weighted by atomic mass is 16.5. The summed E-state index contributed by atoms with van der Waals surface area (Å²) in [6.07, 6.45) is 9.99. The number of likely N-dealkylation sites (tertiary alicyclic amines) is 1. The number of carbonyl (C=O) groups is 1. The lowest BCUT2D eigenvalue weighted by Gasteiger charge is -2.22. The van der Waals surface area contributed by atoms with Crippen LogP contribution in [0.4, 0.5) is 0 Å². The first kappa shape index (κ1) is 13.5. The molecule has 1 atom stereocenters. The number of rotatable bonds is 5. The van der Waals surface area contributed by atoms with Gasteiger partial charge in [0.15, 0.2) is 5.82 Å². The van der Waals surface area contributed by atoms with Crippen molar-refractivity contribution in [1.29, 1.82) is 0 Å². The first-order valence-electron chi connectivity index (χ1n) is 7.90. The summed E-state index contributed by atoms with van der Waals surface area (Å²) in [6, 6.07) is -0.0217. The Hall–Kier alpha value is -2.18. The van der Waals surface area contributed by atoms with Crippen LogP contribution in [0.1, 0.15) is 55.8 Å². The van der Waals surface area contributed by atoms with E-state index in [1.165, 1.54) is 0 Å². The van der Waals surface area contributed by atoms with Gasteiger partial charge in [0.2, 0.25) is 11.8 Å². The Bertz CT molecular complexity index is 647. The number of carbonyl (C=O) groups excluding carboxylic acids is 1. The molecule has 2 aromatic rings. The van der Waals surface area contributed by atoms with E-state index in [2.05, 4.69) is 15.1 Å². The average molecular weight is 301 g/mol. The van der Waals surface area contributed by atoms with E-state index < -0.39 is 0 Å². The van der Waals surface area contributed by atoms with E-state index in [1.54, 1.807) is 12.5 Å². The summed E-state index contributed by atoms with van der Waals surface area (Å²) in [5, 5.41) is 4.11. The topological polar surface area (TPSA) is 77.0 Å². The van der Waals surface area contributed by atoms with Crippen LogP contribution in [0.15, 0.2) is 23.2 Å². The molecule has 0 aromatic carbocycles. The second kappa shape index (κ2) is 5.55. The van der Waals surface area contributed by atoms with E-state index in [4.69, 9.17) is 4.52 Å². The number of amides is 1. The van der Waals surface area contributed by atoms with Crippen LogP contribution in [0.3, 0.4) is 0 Å². The lowest BCUT2D eigenvalue weighted by atomic mass is 10.2. The minimum absolute atomic E-state index is 0.0217. The van der Waals surface area contributed by atoms with Gasteiger partial charge in [-0.3, -0.25) is 4.79 Å². The zero-order valence-corrected chi connectivity index (χ0v) is 12.4. The Balaban J connectivity index is 1.42. The molecule has 1 aliphatic heterocycles. The Morgan fingerprint density at radius 1 is 1.36 bits per heavy atom. The molecule has 3 heterocycles. The third-order valence-corrected chi connectivity index (χ3v) is 4.40. The third-order valence-electron chi connectivity index (χ3n) is 4.40. The van der Waals surface area contributed by atoms with E-state index in [-0.39, 0.29) is 11.9 Å². The average Bonchev–Trinajstić information content (AvgIpc) is 3.02. The van der Waals surface area contributed by atoms with Crippen LogP contribution in [0, 0.1) is 0 Å². The van der Waals surface area contributed by atoms with Gasteiger partial charge in [0.25, 0.3) is 0 Å². The smallest absolute Gasteiger partial charge is 0.229 e. The first-order chi connectivity index (χ1) is 10.8. The van der Waals surface area contributed by atoms with Crippen molar-refractivity contribution in [3.63, 3.8) is 0 Å². The summed E-state index contributed by atoms with van der Waals surface area (Å²) in [5.74, 6) is 2.02. The quantitative estimate of drug-likeness (QED) is 0.843. The summed E-state index contributed by atoms with van der Waals surface area (Å²) >= 11 is 0. The van der Waals surface area contributed by atoms with Crippen LogP contribution in [-0.2, 0) is 11.3 Å². The number of aromatic nitrogens is 4. The fourth-order valence-electron chi connectivity index (χ4n) is 3.00. The second-order valence-corrected chi connectivity index (χ2v) is 6.06. The predicted octanol–water partition coefficient (Wildman–Crippen LogP) is 1.90. The standard InChI is InChI=1S/C15H19N5O2/c21-13(5-8-19-9-6-16-10-19)20-7-1-2-12(20)14-17-15(22-18-14)11-3-4-11/h6,9-12H,1-5,7-8H2/t12-/m0/s1. The van der Waals surface area contributed by atoms with Gasteiger partial charge in [-0.25, -0.2) is 4.98 Å². The number of hydrogen-bond acceptors (Lipinski definition) is 5. The van der Waals surface area contributed by atoms with Gasteiger partial charge >= 0.3 is 0 Å². The number of nitrogens with zero attached hydrogens (tertiary/aromatic N) is 5. The maximum Gasteiger partial charge on any atom is 0.229 e.